The number of anilines is 3. The van der Waals surface area contributed by atoms with Gasteiger partial charge in [-0.15, -0.1) is 0 Å². The summed E-state index contributed by atoms with van der Waals surface area (Å²) in [4.78, 5) is 2.50. The normalized spacial score (nSPS) is 11.8. The molecule has 0 aliphatic carbocycles. The molecule has 1 aromatic heterocycles. The van der Waals surface area contributed by atoms with Crippen molar-refractivity contribution in [2.45, 2.75) is 0 Å². The van der Waals surface area contributed by atoms with Gasteiger partial charge in [0.15, 0.2) is 0 Å². The summed E-state index contributed by atoms with van der Waals surface area (Å²) in [5.74, 6) is 0. The van der Waals surface area contributed by atoms with Gasteiger partial charge in [0.25, 0.3) is 0 Å². The van der Waals surface area contributed by atoms with E-state index in [9.17, 15) is 0 Å². The number of benzene rings is 12. The average molecular weight is 813 g/mol. The summed E-state index contributed by atoms with van der Waals surface area (Å²) >= 11 is 0. The number of nitrogens with zero attached hydrogens (tertiary/aromatic N) is 2. The van der Waals surface area contributed by atoms with Crippen LogP contribution in [0, 0.1) is 0 Å². The summed E-state index contributed by atoms with van der Waals surface area (Å²) < 4.78 is 2.48. The molecule has 0 saturated carbocycles. The molecule has 0 bridgehead atoms. The second-order valence-corrected chi connectivity index (χ2v) is 16.8. The fourth-order valence-corrected chi connectivity index (χ4v) is 10.5. The van der Waals surface area contributed by atoms with Crippen molar-refractivity contribution >= 4 is 92.7 Å². The highest BCUT2D eigenvalue weighted by Gasteiger charge is 2.24. The fourth-order valence-electron chi connectivity index (χ4n) is 10.5. The predicted molar refractivity (Wildman–Crippen MR) is 274 cm³/mol. The zero-order chi connectivity index (χ0) is 42.1. The second kappa shape index (κ2) is 14.6. The molecule has 0 unspecified atom stereocenters. The van der Waals surface area contributed by atoms with Crippen LogP contribution in [0.2, 0.25) is 0 Å². The minimum absolute atomic E-state index is 1.09. The number of fused-ring (bicyclic) bond motifs is 10. The summed E-state index contributed by atoms with van der Waals surface area (Å²) in [7, 11) is 0. The summed E-state index contributed by atoms with van der Waals surface area (Å²) in [5, 5.41) is 14.7. The zero-order valence-electron chi connectivity index (χ0n) is 35.0. The van der Waals surface area contributed by atoms with Crippen LogP contribution >= 0.6 is 0 Å². The van der Waals surface area contributed by atoms with Crippen molar-refractivity contribution in [1.82, 2.24) is 4.57 Å². The van der Waals surface area contributed by atoms with Crippen molar-refractivity contribution < 1.29 is 0 Å². The molecule has 12 aromatic carbocycles. The maximum atomic E-state index is 2.50. The quantitative estimate of drug-likeness (QED) is 0.152. The molecule has 0 aliphatic rings. The third kappa shape index (κ3) is 5.66. The molecule has 0 N–H and O–H groups in total. The summed E-state index contributed by atoms with van der Waals surface area (Å²) in [6.07, 6.45) is 0. The Morgan fingerprint density at radius 2 is 0.812 bits per heavy atom. The van der Waals surface area contributed by atoms with Crippen LogP contribution in [0.4, 0.5) is 17.1 Å². The smallest absolute Gasteiger partial charge is 0.0782 e. The molecule has 0 atom stereocenters. The number of hydrogen-bond donors (Lipinski definition) is 0. The van der Waals surface area contributed by atoms with Crippen molar-refractivity contribution in [3.63, 3.8) is 0 Å². The molecular weight excluding hydrogens is 773 g/mol. The van der Waals surface area contributed by atoms with Crippen LogP contribution < -0.4 is 4.90 Å². The van der Waals surface area contributed by atoms with Crippen LogP contribution in [-0.4, -0.2) is 4.57 Å². The zero-order valence-corrected chi connectivity index (χ0v) is 35.0. The van der Waals surface area contributed by atoms with E-state index in [1.54, 1.807) is 0 Å². The van der Waals surface area contributed by atoms with E-state index in [2.05, 4.69) is 252 Å². The lowest BCUT2D eigenvalue weighted by Crippen LogP contribution is -2.12. The van der Waals surface area contributed by atoms with E-state index in [-0.39, 0.29) is 0 Å². The van der Waals surface area contributed by atoms with Gasteiger partial charge >= 0.3 is 0 Å². The Bertz CT molecular complexity index is 3960. The van der Waals surface area contributed by atoms with Gasteiger partial charge in [-0.25, -0.2) is 0 Å². The average Bonchev–Trinajstić information content (AvgIpc) is 3.71. The third-order valence-electron chi connectivity index (χ3n) is 13.3. The van der Waals surface area contributed by atoms with Crippen molar-refractivity contribution in [2.24, 2.45) is 0 Å². The molecule has 2 nitrogen and oxygen atoms in total. The van der Waals surface area contributed by atoms with Crippen LogP contribution in [0.3, 0.4) is 0 Å². The molecule has 1 heterocycles. The van der Waals surface area contributed by atoms with E-state index in [4.69, 9.17) is 0 Å². The molecule has 0 amide bonds. The Morgan fingerprint density at radius 1 is 0.281 bits per heavy atom. The van der Waals surface area contributed by atoms with Gasteiger partial charge < -0.3 is 9.47 Å². The van der Waals surface area contributed by atoms with Crippen molar-refractivity contribution in [1.29, 1.82) is 0 Å². The van der Waals surface area contributed by atoms with Crippen molar-refractivity contribution in [2.75, 3.05) is 4.90 Å². The molecular formula is C62H40N2. The largest absolute Gasteiger partial charge is 0.308 e. The van der Waals surface area contributed by atoms with E-state index in [1.807, 2.05) is 0 Å². The van der Waals surface area contributed by atoms with Crippen LogP contribution in [0.25, 0.3) is 104 Å². The van der Waals surface area contributed by atoms with Crippen LogP contribution in [-0.2, 0) is 0 Å². The first-order valence-electron chi connectivity index (χ1n) is 22.1. The highest BCUT2D eigenvalue weighted by molar-refractivity contribution is 6.23. The summed E-state index contributed by atoms with van der Waals surface area (Å²) in [5.41, 5.74) is 11.6. The fraction of sp³-hybridized carbons (Fsp3) is 0. The molecule has 298 valence electrons. The molecule has 0 saturated heterocycles. The molecule has 13 rings (SSSR count). The predicted octanol–water partition coefficient (Wildman–Crippen LogP) is 17.4. The topological polar surface area (TPSA) is 8.17 Å². The van der Waals surface area contributed by atoms with Crippen LogP contribution in [0.15, 0.2) is 243 Å². The highest BCUT2D eigenvalue weighted by atomic mass is 15.2. The standard InChI is InChI=1S/C62H40N2/c1-3-18-43(19-4-1)60-55-26-12-11-24-52(55)53-37-35-49(40-57(53)61(60)44-20-5-2-6-21-44)63(47-34-36-51-46(39-47)31-30-42-17-9-10-23-50(42)51)59-29-15-27-56-54-25-13-14-28-58(54)64(62(56)59)48-33-32-41-16-7-8-22-45(41)38-48/h1-40H. The van der Waals surface area contributed by atoms with E-state index < -0.39 is 0 Å². The Labute approximate surface area is 371 Å². The van der Waals surface area contributed by atoms with E-state index >= 15 is 0 Å². The number of para-hydroxylation sites is 2. The van der Waals surface area contributed by atoms with Gasteiger partial charge in [-0.2, -0.15) is 0 Å². The van der Waals surface area contributed by atoms with Gasteiger partial charge in [0, 0.05) is 27.8 Å². The Morgan fingerprint density at radius 3 is 1.59 bits per heavy atom. The lowest BCUT2D eigenvalue weighted by atomic mass is 9.85. The van der Waals surface area contributed by atoms with Crippen molar-refractivity contribution in [3.05, 3.63) is 243 Å². The van der Waals surface area contributed by atoms with Crippen LogP contribution in [0.5, 0.6) is 0 Å². The monoisotopic (exact) mass is 812 g/mol. The summed E-state index contributed by atoms with van der Waals surface area (Å²) in [6.45, 7) is 0. The van der Waals surface area contributed by atoms with Crippen LogP contribution in [0.1, 0.15) is 0 Å². The maximum Gasteiger partial charge on any atom is 0.0782 e. The minimum Gasteiger partial charge on any atom is -0.308 e. The second-order valence-electron chi connectivity index (χ2n) is 16.8. The molecule has 0 spiro atoms. The number of aromatic nitrogens is 1. The Balaban J connectivity index is 1.16. The molecule has 0 aliphatic heterocycles. The van der Waals surface area contributed by atoms with Crippen molar-refractivity contribution in [3.8, 4) is 27.9 Å². The number of hydrogen-bond acceptors (Lipinski definition) is 1. The lowest BCUT2D eigenvalue weighted by Gasteiger charge is -2.28. The van der Waals surface area contributed by atoms with Gasteiger partial charge in [-0.05, 0) is 125 Å². The Kier molecular flexibility index (Phi) is 8.25. The molecule has 2 heteroatoms. The molecule has 13 aromatic rings. The van der Waals surface area contributed by atoms with Gasteiger partial charge in [0.05, 0.1) is 16.7 Å². The summed E-state index contributed by atoms with van der Waals surface area (Å²) in [6, 6.07) is 89.3. The minimum atomic E-state index is 1.09. The molecule has 64 heavy (non-hydrogen) atoms. The highest BCUT2D eigenvalue weighted by Crippen LogP contribution is 2.49. The van der Waals surface area contributed by atoms with E-state index in [1.165, 1.54) is 92.4 Å². The first-order valence-corrected chi connectivity index (χ1v) is 22.1. The molecule has 0 radical (unpaired) electrons. The Hall–Kier alpha value is -8.46. The number of rotatable bonds is 6. The van der Waals surface area contributed by atoms with Gasteiger partial charge in [0.1, 0.15) is 0 Å². The van der Waals surface area contributed by atoms with Gasteiger partial charge in [-0.1, -0.05) is 194 Å². The van der Waals surface area contributed by atoms with E-state index in [0.29, 0.717) is 0 Å². The molecule has 0 fully saturated rings. The van der Waals surface area contributed by atoms with Gasteiger partial charge in [-0.3, -0.25) is 0 Å². The SMILES string of the molecule is c1ccc(-c2c(-c3ccccc3)c3cc(N(c4ccc5c(ccc6ccccc65)c4)c4cccc5c6ccccc6n(-c6ccc7ccccc7c6)c45)ccc3c3ccccc23)cc1. The third-order valence-corrected chi connectivity index (χ3v) is 13.3. The van der Waals surface area contributed by atoms with E-state index in [0.717, 1.165) is 28.3 Å². The van der Waals surface area contributed by atoms with Gasteiger partial charge in [0.2, 0.25) is 0 Å². The lowest BCUT2D eigenvalue weighted by molar-refractivity contribution is 1.17. The first kappa shape index (κ1) is 36.2. The first-order chi connectivity index (χ1) is 31.8. The maximum absolute atomic E-state index is 2.50.